The molecule has 0 spiro atoms. The lowest BCUT2D eigenvalue weighted by Crippen LogP contribution is -2.40. The standard InChI is InChI=1S/C10H20N2/c1-3-7-11-8-9-12(2)10-5-4-6-10/h3,10-11H,1,4-9H2,2H3. The van der Waals surface area contributed by atoms with Gasteiger partial charge >= 0.3 is 0 Å². The highest BCUT2D eigenvalue weighted by Gasteiger charge is 2.20. The maximum Gasteiger partial charge on any atom is 0.0132 e. The Bertz CT molecular complexity index is 130. The van der Waals surface area contributed by atoms with Crippen molar-refractivity contribution in [2.24, 2.45) is 0 Å². The normalized spacial score (nSPS) is 17.8. The fraction of sp³-hybridized carbons (Fsp3) is 0.800. The maximum atomic E-state index is 3.66. The van der Waals surface area contributed by atoms with E-state index in [1.807, 2.05) is 6.08 Å². The largest absolute Gasteiger partial charge is 0.312 e. The molecule has 1 fully saturated rings. The van der Waals surface area contributed by atoms with Crippen LogP contribution < -0.4 is 5.32 Å². The van der Waals surface area contributed by atoms with E-state index in [0.717, 1.165) is 19.1 Å². The Labute approximate surface area is 75.6 Å². The zero-order valence-electron chi connectivity index (χ0n) is 8.05. The average molecular weight is 168 g/mol. The molecular weight excluding hydrogens is 148 g/mol. The summed E-state index contributed by atoms with van der Waals surface area (Å²) >= 11 is 0. The fourth-order valence-corrected chi connectivity index (χ4v) is 1.47. The van der Waals surface area contributed by atoms with E-state index in [-0.39, 0.29) is 0 Å². The van der Waals surface area contributed by atoms with E-state index in [1.165, 1.54) is 25.8 Å². The second kappa shape index (κ2) is 5.33. The predicted octanol–water partition coefficient (Wildman–Crippen LogP) is 1.25. The minimum Gasteiger partial charge on any atom is -0.312 e. The third-order valence-corrected chi connectivity index (χ3v) is 2.63. The minimum absolute atomic E-state index is 0.871. The molecule has 0 amide bonds. The van der Waals surface area contributed by atoms with Crippen molar-refractivity contribution >= 4 is 0 Å². The first-order valence-corrected chi connectivity index (χ1v) is 4.86. The van der Waals surface area contributed by atoms with Gasteiger partial charge in [0.1, 0.15) is 0 Å². The highest BCUT2D eigenvalue weighted by molar-refractivity contribution is 4.78. The lowest BCUT2D eigenvalue weighted by Gasteiger charge is -2.34. The van der Waals surface area contributed by atoms with E-state index in [4.69, 9.17) is 0 Å². The molecule has 0 unspecified atom stereocenters. The van der Waals surface area contributed by atoms with Crippen molar-refractivity contribution in [3.05, 3.63) is 12.7 Å². The SMILES string of the molecule is C=CCNCCN(C)C1CCC1. The molecule has 0 aromatic rings. The summed E-state index contributed by atoms with van der Waals surface area (Å²) in [5, 5.41) is 3.31. The number of nitrogens with zero attached hydrogens (tertiary/aromatic N) is 1. The molecule has 1 N–H and O–H groups in total. The zero-order valence-corrected chi connectivity index (χ0v) is 8.05. The third kappa shape index (κ3) is 2.95. The van der Waals surface area contributed by atoms with Crippen LogP contribution >= 0.6 is 0 Å². The van der Waals surface area contributed by atoms with Gasteiger partial charge in [0.25, 0.3) is 0 Å². The molecule has 0 aromatic carbocycles. The van der Waals surface area contributed by atoms with E-state index < -0.39 is 0 Å². The van der Waals surface area contributed by atoms with Gasteiger partial charge in [0, 0.05) is 25.7 Å². The first kappa shape index (κ1) is 9.75. The molecule has 2 nitrogen and oxygen atoms in total. The molecular formula is C10H20N2. The van der Waals surface area contributed by atoms with E-state index >= 15 is 0 Å². The predicted molar refractivity (Wildman–Crippen MR) is 53.3 cm³/mol. The molecule has 1 aliphatic rings. The minimum atomic E-state index is 0.871. The van der Waals surface area contributed by atoms with Crippen molar-refractivity contribution in [2.45, 2.75) is 25.3 Å². The third-order valence-electron chi connectivity index (χ3n) is 2.63. The lowest BCUT2D eigenvalue weighted by atomic mass is 9.92. The zero-order chi connectivity index (χ0) is 8.81. The Balaban J connectivity index is 1.94. The maximum absolute atomic E-state index is 3.66. The van der Waals surface area contributed by atoms with Gasteiger partial charge < -0.3 is 10.2 Å². The van der Waals surface area contributed by atoms with Crippen molar-refractivity contribution in [1.29, 1.82) is 0 Å². The monoisotopic (exact) mass is 168 g/mol. The van der Waals surface area contributed by atoms with Crippen molar-refractivity contribution in [3.8, 4) is 0 Å². The van der Waals surface area contributed by atoms with Gasteiger partial charge in [0.2, 0.25) is 0 Å². The highest BCUT2D eigenvalue weighted by atomic mass is 15.1. The summed E-state index contributed by atoms with van der Waals surface area (Å²) in [5.41, 5.74) is 0. The molecule has 1 saturated carbocycles. The van der Waals surface area contributed by atoms with E-state index in [9.17, 15) is 0 Å². The van der Waals surface area contributed by atoms with Crippen molar-refractivity contribution in [3.63, 3.8) is 0 Å². The molecule has 0 aliphatic heterocycles. The van der Waals surface area contributed by atoms with Gasteiger partial charge in [0.15, 0.2) is 0 Å². The molecule has 0 heterocycles. The lowest BCUT2D eigenvalue weighted by molar-refractivity contribution is 0.161. The Kier molecular flexibility index (Phi) is 4.33. The molecule has 0 atom stereocenters. The van der Waals surface area contributed by atoms with Gasteiger partial charge in [0.05, 0.1) is 0 Å². The molecule has 0 bridgehead atoms. The van der Waals surface area contributed by atoms with Gasteiger partial charge in [-0.05, 0) is 19.9 Å². The second-order valence-electron chi connectivity index (χ2n) is 3.56. The van der Waals surface area contributed by atoms with Crippen LogP contribution in [0.15, 0.2) is 12.7 Å². The Morgan fingerprint density at radius 2 is 2.33 bits per heavy atom. The summed E-state index contributed by atoms with van der Waals surface area (Å²) < 4.78 is 0. The van der Waals surface area contributed by atoms with Gasteiger partial charge in [-0.1, -0.05) is 12.5 Å². The molecule has 1 rings (SSSR count). The number of rotatable bonds is 6. The summed E-state index contributed by atoms with van der Waals surface area (Å²) in [5.74, 6) is 0. The summed E-state index contributed by atoms with van der Waals surface area (Å²) in [6.07, 6.45) is 6.13. The van der Waals surface area contributed by atoms with Gasteiger partial charge in [-0.15, -0.1) is 6.58 Å². The van der Waals surface area contributed by atoms with Crippen LogP contribution in [0.3, 0.4) is 0 Å². The molecule has 0 radical (unpaired) electrons. The van der Waals surface area contributed by atoms with Crippen LogP contribution in [0.5, 0.6) is 0 Å². The van der Waals surface area contributed by atoms with E-state index in [1.54, 1.807) is 0 Å². The number of hydrogen-bond donors (Lipinski definition) is 1. The van der Waals surface area contributed by atoms with Crippen molar-refractivity contribution < 1.29 is 0 Å². The summed E-state index contributed by atoms with van der Waals surface area (Å²) in [7, 11) is 2.22. The summed E-state index contributed by atoms with van der Waals surface area (Å²) in [4.78, 5) is 2.46. The van der Waals surface area contributed by atoms with Gasteiger partial charge in [-0.2, -0.15) is 0 Å². The molecule has 2 heteroatoms. The first-order valence-electron chi connectivity index (χ1n) is 4.86. The van der Waals surface area contributed by atoms with Gasteiger partial charge in [-0.3, -0.25) is 0 Å². The van der Waals surface area contributed by atoms with Gasteiger partial charge in [-0.25, -0.2) is 0 Å². The smallest absolute Gasteiger partial charge is 0.0132 e. The van der Waals surface area contributed by atoms with Crippen molar-refractivity contribution in [2.75, 3.05) is 26.7 Å². The molecule has 0 aromatic heterocycles. The molecule has 12 heavy (non-hydrogen) atoms. The van der Waals surface area contributed by atoms with Crippen LogP contribution in [0.2, 0.25) is 0 Å². The first-order chi connectivity index (χ1) is 5.84. The van der Waals surface area contributed by atoms with Crippen molar-refractivity contribution in [1.82, 2.24) is 10.2 Å². The van der Waals surface area contributed by atoms with Crippen LogP contribution in [-0.4, -0.2) is 37.6 Å². The molecule has 70 valence electrons. The quantitative estimate of drug-likeness (QED) is 0.474. The van der Waals surface area contributed by atoms with Crippen LogP contribution in [-0.2, 0) is 0 Å². The van der Waals surface area contributed by atoms with E-state index in [0.29, 0.717) is 0 Å². The number of nitrogens with one attached hydrogen (secondary N) is 1. The van der Waals surface area contributed by atoms with Crippen LogP contribution in [0.4, 0.5) is 0 Å². The van der Waals surface area contributed by atoms with Crippen LogP contribution in [0.1, 0.15) is 19.3 Å². The Morgan fingerprint density at radius 1 is 1.58 bits per heavy atom. The summed E-state index contributed by atoms with van der Waals surface area (Å²) in [6.45, 7) is 6.84. The number of likely N-dealkylation sites (N-methyl/N-ethyl adjacent to an activating group) is 1. The second-order valence-corrected chi connectivity index (χ2v) is 3.56. The Morgan fingerprint density at radius 3 is 2.83 bits per heavy atom. The number of hydrogen-bond acceptors (Lipinski definition) is 2. The van der Waals surface area contributed by atoms with Crippen LogP contribution in [0.25, 0.3) is 0 Å². The Hall–Kier alpha value is -0.340. The fourth-order valence-electron chi connectivity index (χ4n) is 1.47. The summed E-state index contributed by atoms with van der Waals surface area (Å²) in [6, 6.07) is 0.871. The molecule has 1 aliphatic carbocycles. The van der Waals surface area contributed by atoms with Crippen LogP contribution in [0, 0.1) is 0 Å². The molecule has 0 saturated heterocycles. The topological polar surface area (TPSA) is 15.3 Å². The highest BCUT2D eigenvalue weighted by Crippen LogP contribution is 2.22. The average Bonchev–Trinajstić information content (AvgIpc) is 1.95. The van der Waals surface area contributed by atoms with E-state index in [2.05, 4.69) is 23.8 Å².